The van der Waals surface area contributed by atoms with E-state index in [4.69, 9.17) is 5.73 Å². The number of allylic oxidation sites excluding steroid dienone is 3. The van der Waals surface area contributed by atoms with Gasteiger partial charge in [0.25, 0.3) is 5.70 Å². The fourth-order valence-corrected chi connectivity index (χ4v) is 0.922. The van der Waals surface area contributed by atoms with Gasteiger partial charge in [-0.3, -0.25) is 14.9 Å². The highest BCUT2D eigenvalue weighted by atomic mass is 16.6. The number of hydrogen-bond donors (Lipinski definition) is 1. The number of ketones is 1. The van der Waals surface area contributed by atoms with Gasteiger partial charge in [0.2, 0.25) is 0 Å². The first-order chi connectivity index (χ1) is 6.93. The minimum absolute atomic E-state index is 0.169. The molecule has 0 aliphatic heterocycles. The molecule has 0 aliphatic rings. The van der Waals surface area contributed by atoms with Crippen molar-refractivity contribution in [2.24, 2.45) is 5.73 Å². The van der Waals surface area contributed by atoms with Crippen LogP contribution in [-0.4, -0.2) is 17.3 Å². The normalized spacial score (nSPS) is 12.5. The van der Waals surface area contributed by atoms with Crippen molar-refractivity contribution in [3.63, 3.8) is 0 Å². The van der Waals surface area contributed by atoms with Gasteiger partial charge in [-0.05, 0) is 13.8 Å². The second-order valence-electron chi connectivity index (χ2n) is 2.94. The van der Waals surface area contributed by atoms with Crippen LogP contribution in [0.2, 0.25) is 0 Å². The predicted octanol–water partition coefficient (Wildman–Crippen LogP) is 1.20. The topological polar surface area (TPSA) is 86.2 Å². The van der Waals surface area contributed by atoms with Crippen molar-refractivity contribution in [1.29, 1.82) is 0 Å². The maximum Gasteiger partial charge on any atom is 0.272 e. The van der Waals surface area contributed by atoms with Gasteiger partial charge in [-0.1, -0.05) is 12.7 Å². The van der Waals surface area contributed by atoms with E-state index in [0.717, 1.165) is 0 Å². The zero-order valence-electron chi connectivity index (χ0n) is 8.82. The van der Waals surface area contributed by atoms with Crippen LogP contribution in [-0.2, 0) is 4.79 Å². The molecule has 0 spiro atoms. The number of nitrogens with zero attached hydrogens (tertiary/aromatic N) is 1. The Kier molecular flexibility index (Phi) is 5.19. The van der Waals surface area contributed by atoms with E-state index in [-0.39, 0.29) is 23.6 Å². The molecule has 0 saturated heterocycles. The Morgan fingerprint density at radius 1 is 1.60 bits per heavy atom. The molecule has 5 heteroatoms. The number of Topliss-reactive ketones (excluding diaryl/α,β-unsaturated/α-hetero) is 1. The van der Waals surface area contributed by atoms with Crippen LogP contribution in [0.15, 0.2) is 35.6 Å². The van der Waals surface area contributed by atoms with Gasteiger partial charge in [0.15, 0.2) is 5.78 Å². The molecule has 0 atom stereocenters. The lowest BCUT2D eigenvalue weighted by Gasteiger charge is -1.99. The SMILES string of the molecule is C=C(C)/C(=C\C(=C/C)C(=O)CN)[N+](=O)[O-]. The van der Waals surface area contributed by atoms with Gasteiger partial charge in [-0.25, -0.2) is 0 Å². The smallest absolute Gasteiger partial charge is 0.272 e. The lowest BCUT2D eigenvalue weighted by atomic mass is 10.1. The zero-order chi connectivity index (χ0) is 12.0. The molecule has 0 aromatic rings. The Morgan fingerprint density at radius 2 is 2.13 bits per heavy atom. The van der Waals surface area contributed by atoms with E-state index in [9.17, 15) is 14.9 Å². The quantitative estimate of drug-likeness (QED) is 0.319. The maximum atomic E-state index is 11.2. The molecule has 0 rings (SSSR count). The first-order valence-electron chi connectivity index (χ1n) is 4.35. The van der Waals surface area contributed by atoms with E-state index in [2.05, 4.69) is 6.58 Å². The van der Waals surface area contributed by atoms with Crippen LogP contribution >= 0.6 is 0 Å². The molecule has 82 valence electrons. The number of nitrogens with two attached hydrogens (primary N) is 1. The maximum absolute atomic E-state index is 11.2. The molecule has 0 bridgehead atoms. The molecule has 0 aromatic carbocycles. The fraction of sp³-hybridized carbons (Fsp3) is 0.300. The van der Waals surface area contributed by atoms with Crippen LogP contribution in [0, 0.1) is 10.1 Å². The van der Waals surface area contributed by atoms with Crippen LogP contribution < -0.4 is 5.73 Å². The highest BCUT2D eigenvalue weighted by Gasteiger charge is 2.14. The standard InChI is InChI=1S/C10H14N2O3/c1-4-8(10(13)6-11)5-9(7(2)3)12(14)15/h4-5H,2,6,11H2,1,3H3/b8-4+,9-5+. The van der Waals surface area contributed by atoms with Gasteiger partial charge in [0, 0.05) is 17.2 Å². The average molecular weight is 210 g/mol. The van der Waals surface area contributed by atoms with Crippen molar-refractivity contribution < 1.29 is 9.72 Å². The summed E-state index contributed by atoms with van der Waals surface area (Å²) in [4.78, 5) is 21.3. The van der Waals surface area contributed by atoms with E-state index in [0.29, 0.717) is 5.57 Å². The highest BCUT2D eigenvalue weighted by Crippen LogP contribution is 2.11. The molecule has 0 aliphatic carbocycles. The molecule has 0 fully saturated rings. The van der Waals surface area contributed by atoms with Crippen LogP contribution in [0.1, 0.15) is 13.8 Å². The summed E-state index contributed by atoms with van der Waals surface area (Å²) in [6.45, 7) is 6.43. The van der Waals surface area contributed by atoms with Crippen molar-refractivity contribution >= 4 is 5.78 Å². The molecule has 2 N–H and O–H groups in total. The molecule has 0 saturated carbocycles. The molecular formula is C10H14N2O3. The summed E-state index contributed by atoms with van der Waals surface area (Å²) in [6.07, 6.45) is 2.68. The van der Waals surface area contributed by atoms with Crippen molar-refractivity contribution in [1.82, 2.24) is 0 Å². The van der Waals surface area contributed by atoms with Gasteiger partial charge < -0.3 is 5.73 Å². The van der Waals surface area contributed by atoms with Crippen LogP contribution in [0.25, 0.3) is 0 Å². The van der Waals surface area contributed by atoms with E-state index in [1.165, 1.54) is 19.1 Å². The Hall–Kier alpha value is -1.75. The van der Waals surface area contributed by atoms with E-state index < -0.39 is 4.92 Å². The predicted molar refractivity (Wildman–Crippen MR) is 57.7 cm³/mol. The Balaban J connectivity index is 5.21. The number of hydrogen-bond acceptors (Lipinski definition) is 4. The molecule has 5 nitrogen and oxygen atoms in total. The van der Waals surface area contributed by atoms with E-state index >= 15 is 0 Å². The molecule has 0 radical (unpaired) electrons. The van der Waals surface area contributed by atoms with E-state index in [1.54, 1.807) is 6.92 Å². The molecular weight excluding hydrogens is 196 g/mol. The largest absolute Gasteiger partial charge is 0.324 e. The minimum Gasteiger partial charge on any atom is -0.324 e. The van der Waals surface area contributed by atoms with Crippen molar-refractivity contribution in [3.05, 3.63) is 45.7 Å². The van der Waals surface area contributed by atoms with Crippen LogP contribution in [0.4, 0.5) is 0 Å². The Morgan fingerprint density at radius 3 is 2.40 bits per heavy atom. The molecule has 0 heterocycles. The second kappa shape index (κ2) is 5.87. The van der Waals surface area contributed by atoms with Gasteiger partial charge in [0.05, 0.1) is 11.5 Å². The highest BCUT2D eigenvalue weighted by molar-refractivity contribution is 5.99. The second-order valence-corrected chi connectivity index (χ2v) is 2.94. The third-order valence-corrected chi connectivity index (χ3v) is 1.74. The number of carbonyl (C=O) groups is 1. The van der Waals surface area contributed by atoms with E-state index in [1.807, 2.05) is 0 Å². The zero-order valence-corrected chi connectivity index (χ0v) is 8.82. The first-order valence-corrected chi connectivity index (χ1v) is 4.35. The monoisotopic (exact) mass is 210 g/mol. The molecule has 0 aromatic heterocycles. The summed E-state index contributed by atoms with van der Waals surface area (Å²) in [5.41, 5.74) is 5.51. The van der Waals surface area contributed by atoms with Gasteiger partial charge in [-0.2, -0.15) is 0 Å². The average Bonchev–Trinajstić information content (AvgIpc) is 2.17. The first kappa shape index (κ1) is 13.2. The van der Waals surface area contributed by atoms with Crippen molar-refractivity contribution in [3.8, 4) is 0 Å². The van der Waals surface area contributed by atoms with Crippen LogP contribution in [0.3, 0.4) is 0 Å². The molecule has 15 heavy (non-hydrogen) atoms. The lowest BCUT2D eigenvalue weighted by molar-refractivity contribution is -0.420. The summed E-state index contributed by atoms with van der Waals surface area (Å²) >= 11 is 0. The fourth-order valence-electron chi connectivity index (χ4n) is 0.922. The van der Waals surface area contributed by atoms with Crippen molar-refractivity contribution in [2.45, 2.75) is 13.8 Å². The molecule has 0 amide bonds. The summed E-state index contributed by atoms with van der Waals surface area (Å²) in [5, 5.41) is 10.6. The van der Waals surface area contributed by atoms with Gasteiger partial charge in [-0.15, -0.1) is 0 Å². The lowest BCUT2D eigenvalue weighted by Crippen LogP contribution is -2.15. The summed E-state index contributed by atoms with van der Waals surface area (Å²) < 4.78 is 0. The number of carbonyl (C=O) groups excluding carboxylic acids is 1. The number of nitro groups is 1. The van der Waals surface area contributed by atoms with Crippen molar-refractivity contribution in [2.75, 3.05) is 6.54 Å². The summed E-state index contributed by atoms with van der Waals surface area (Å²) in [7, 11) is 0. The summed E-state index contributed by atoms with van der Waals surface area (Å²) in [5.74, 6) is -0.335. The summed E-state index contributed by atoms with van der Waals surface area (Å²) in [6, 6.07) is 0. The Labute approximate surface area is 88.1 Å². The van der Waals surface area contributed by atoms with Gasteiger partial charge >= 0.3 is 0 Å². The number of rotatable bonds is 5. The third kappa shape index (κ3) is 3.86. The Bertz CT molecular complexity index is 338. The van der Waals surface area contributed by atoms with Crippen LogP contribution in [0.5, 0.6) is 0 Å². The third-order valence-electron chi connectivity index (χ3n) is 1.74. The van der Waals surface area contributed by atoms with Gasteiger partial charge in [0.1, 0.15) is 0 Å². The minimum atomic E-state index is -0.574. The molecule has 0 unspecified atom stereocenters.